The number of hydrogen-bond donors (Lipinski definition) is 0. The van der Waals surface area contributed by atoms with Crippen LogP contribution in [0.5, 0.6) is 0 Å². The topological polar surface area (TPSA) is 85.0 Å². The number of hydrogen-bond acceptors (Lipinski definition) is 7. The zero-order chi connectivity index (χ0) is 17.9. The SMILES string of the molecule is O=C(c1ccc(Cl)s1)N1CCC[C@@H](Cc2nc(-c3cnccn3)no2)C1. The number of carbonyl (C=O) groups is 1. The molecule has 0 bridgehead atoms. The standard InChI is InChI=1S/C17H16ClN5O2S/c18-14-4-3-13(26-14)17(24)23-7-1-2-11(10-23)8-15-21-16(22-25-15)12-9-19-5-6-20-12/h3-6,9,11H,1-2,7-8,10H2/t11-/m0/s1. The number of aromatic nitrogens is 4. The van der Waals surface area contributed by atoms with Gasteiger partial charge in [0.1, 0.15) is 5.69 Å². The van der Waals surface area contributed by atoms with Gasteiger partial charge in [-0.05, 0) is 30.9 Å². The Labute approximate surface area is 159 Å². The highest BCUT2D eigenvalue weighted by atomic mass is 35.5. The predicted molar refractivity (Wildman–Crippen MR) is 97.0 cm³/mol. The molecule has 1 aliphatic rings. The molecule has 0 aliphatic carbocycles. The maximum atomic E-state index is 12.6. The van der Waals surface area contributed by atoms with Gasteiger partial charge in [0, 0.05) is 31.9 Å². The Morgan fingerprint density at radius 3 is 3.08 bits per heavy atom. The van der Waals surface area contributed by atoms with E-state index in [1.807, 2.05) is 4.90 Å². The highest BCUT2D eigenvalue weighted by Crippen LogP contribution is 2.26. The average molecular weight is 390 g/mol. The van der Waals surface area contributed by atoms with Gasteiger partial charge in [-0.1, -0.05) is 16.8 Å². The minimum absolute atomic E-state index is 0.0392. The molecule has 3 aromatic heterocycles. The van der Waals surface area contributed by atoms with Crippen molar-refractivity contribution < 1.29 is 9.32 Å². The number of nitrogens with zero attached hydrogens (tertiary/aromatic N) is 5. The van der Waals surface area contributed by atoms with Gasteiger partial charge in [-0.15, -0.1) is 11.3 Å². The zero-order valence-electron chi connectivity index (χ0n) is 13.8. The second-order valence-corrected chi connectivity index (χ2v) is 7.88. The van der Waals surface area contributed by atoms with Crippen LogP contribution in [0, 0.1) is 5.92 Å². The first-order chi connectivity index (χ1) is 12.7. The van der Waals surface area contributed by atoms with E-state index < -0.39 is 0 Å². The quantitative estimate of drug-likeness (QED) is 0.680. The molecule has 7 nitrogen and oxygen atoms in total. The lowest BCUT2D eigenvalue weighted by molar-refractivity contribution is 0.0673. The molecule has 1 saturated heterocycles. The third kappa shape index (κ3) is 3.76. The lowest BCUT2D eigenvalue weighted by Gasteiger charge is -2.31. The van der Waals surface area contributed by atoms with Crippen LogP contribution in [-0.2, 0) is 6.42 Å². The Balaban J connectivity index is 1.41. The maximum absolute atomic E-state index is 12.6. The maximum Gasteiger partial charge on any atom is 0.263 e. The van der Waals surface area contributed by atoms with Crippen LogP contribution < -0.4 is 0 Å². The second kappa shape index (κ2) is 7.51. The van der Waals surface area contributed by atoms with E-state index in [0.717, 1.165) is 19.4 Å². The van der Waals surface area contributed by atoms with Crippen molar-refractivity contribution in [3.63, 3.8) is 0 Å². The van der Waals surface area contributed by atoms with Gasteiger partial charge in [-0.3, -0.25) is 9.78 Å². The molecule has 9 heteroatoms. The van der Waals surface area contributed by atoms with E-state index in [-0.39, 0.29) is 5.91 Å². The Morgan fingerprint density at radius 1 is 1.38 bits per heavy atom. The molecule has 0 spiro atoms. The average Bonchev–Trinajstić information content (AvgIpc) is 3.31. The number of amides is 1. The van der Waals surface area contributed by atoms with Crippen LogP contribution in [0.1, 0.15) is 28.4 Å². The fourth-order valence-electron chi connectivity index (χ4n) is 3.10. The van der Waals surface area contributed by atoms with Crippen LogP contribution in [-0.4, -0.2) is 44.0 Å². The van der Waals surface area contributed by atoms with Crippen molar-refractivity contribution in [2.45, 2.75) is 19.3 Å². The molecule has 0 radical (unpaired) electrons. The molecule has 1 aliphatic heterocycles. The third-order valence-corrected chi connectivity index (χ3v) is 5.53. The molecule has 3 aromatic rings. The van der Waals surface area contributed by atoms with Gasteiger partial charge in [0.05, 0.1) is 15.4 Å². The van der Waals surface area contributed by atoms with Gasteiger partial charge >= 0.3 is 0 Å². The summed E-state index contributed by atoms with van der Waals surface area (Å²) in [6, 6.07) is 3.54. The summed E-state index contributed by atoms with van der Waals surface area (Å²) in [7, 11) is 0. The fraction of sp³-hybridized carbons (Fsp3) is 0.353. The van der Waals surface area contributed by atoms with E-state index in [1.165, 1.54) is 11.3 Å². The molecule has 0 aromatic carbocycles. The van der Waals surface area contributed by atoms with Crippen LogP contribution in [0.15, 0.2) is 35.2 Å². The highest BCUT2D eigenvalue weighted by molar-refractivity contribution is 7.17. The molecule has 134 valence electrons. The number of thiophene rings is 1. The summed E-state index contributed by atoms with van der Waals surface area (Å²) in [5.74, 6) is 1.32. The van der Waals surface area contributed by atoms with Gasteiger partial charge in [0.15, 0.2) is 0 Å². The lowest BCUT2D eigenvalue weighted by Crippen LogP contribution is -2.40. The van der Waals surface area contributed by atoms with Gasteiger partial charge in [0.2, 0.25) is 11.7 Å². The number of halogens is 1. The van der Waals surface area contributed by atoms with Crippen molar-refractivity contribution >= 4 is 28.8 Å². The second-order valence-electron chi connectivity index (χ2n) is 6.17. The molecule has 0 N–H and O–H groups in total. The minimum atomic E-state index is 0.0392. The molecule has 4 rings (SSSR count). The Morgan fingerprint density at radius 2 is 2.31 bits per heavy atom. The normalized spacial score (nSPS) is 17.4. The number of likely N-dealkylation sites (tertiary alicyclic amines) is 1. The van der Waals surface area contributed by atoms with Crippen LogP contribution in [0.2, 0.25) is 4.34 Å². The Bertz CT molecular complexity index is 897. The lowest BCUT2D eigenvalue weighted by atomic mass is 9.94. The van der Waals surface area contributed by atoms with Crippen LogP contribution in [0.25, 0.3) is 11.5 Å². The van der Waals surface area contributed by atoms with Gasteiger partial charge in [0.25, 0.3) is 5.91 Å². The molecule has 0 saturated carbocycles. The van der Waals surface area contributed by atoms with Gasteiger partial charge < -0.3 is 9.42 Å². The zero-order valence-corrected chi connectivity index (χ0v) is 15.4. The van der Waals surface area contributed by atoms with Crippen molar-refractivity contribution in [3.05, 3.63) is 45.8 Å². The number of rotatable bonds is 4. The van der Waals surface area contributed by atoms with Crippen LogP contribution in [0.4, 0.5) is 0 Å². The summed E-state index contributed by atoms with van der Waals surface area (Å²) in [6.07, 6.45) is 7.41. The molecule has 1 amide bonds. The first-order valence-electron chi connectivity index (χ1n) is 8.32. The van der Waals surface area contributed by atoms with E-state index in [0.29, 0.717) is 45.5 Å². The van der Waals surface area contributed by atoms with E-state index in [4.69, 9.17) is 16.1 Å². The minimum Gasteiger partial charge on any atom is -0.339 e. The highest BCUT2D eigenvalue weighted by Gasteiger charge is 2.27. The summed E-state index contributed by atoms with van der Waals surface area (Å²) in [4.78, 5) is 27.8. The number of piperidine rings is 1. The molecule has 1 fully saturated rings. The molecule has 1 atom stereocenters. The molecular weight excluding hydrogens is 374 g/mol. The van der Waals surface area contributed by atoms with Crippen molar-refractivity contribution in [2.75, 3.05) is 13.1 Å². The fourth-order valence-corrected chi connectivity index (χ4v) is 4.12. The first-order valence-corrected chi connectivity index (χ1v) is 9.52. The monoisotopic (exact) mass is 389 g/mol. The smallest absolute Gasteiger partial charge is 0.263 e. The summed E-state index contributed by atoms with van der Waals surface area (Å²) < 4.78 is 5.99. The Hall–Kier alpha value is -2.32. The number of carbonyl (C=O) groups excluding carboxylic acids is 1. The van der Waals surface area contributed by atoms with E-state index >= 15 is 0 Å². The predicted octanol–water partition coefficient (Wildman–Crippen LogP) is 3.34. The van der Waals surface area contributed by atoms with E-state index in [2.05, 4.69) is 20.1 Å². The molecule has 0 unspecified atom stereocenters. The molecule has 4 heterocycles. The summed E-state index contributed by atoms with van der Waals surface area (Å²) in [5, 5.41) is 3.97. The molecule has 26 heavy (non-hydrogen) atoms. The van der Waals surface area contributed by atoms with Crippen LogP contribution in [0.3, 0.4) is 0 Å². The van der Waals surface area contributed by atoms with Crippen molar-refractivity contribution in [1.29, 1.82) is 0 Å². The Kier molecular flexibility index (Phi) is 4.94. The summed E-state index contributed by atoms with van der Waals surface area (Å²) in [5.41, 5.74) is 0.581. The van der Waals surface area contributed by atoms with Crippen molar-refractivity contribution in [1.82, 2.24) is 25.0 Å². The van der Waals surface area contributed by atoms with E-state index in [9.17, 15) is 4.79 Å². The summed E-state index contributed by atoms with van der Waals surface area (Å²) in [6.45, 7) is 1.44. The van der Waals surface area contributed by atoms with E-state index in [1.54, 1.807) is 30.7 Å². The third-order valence-electron chi connectivity index (χ3n) is 4.31. The van der Waals surface area contributed by atoms with Crippen LogP contribution >= 0.6 is 22.9 Å². The van der Waals surface area contributed by atoms with Gasteiger partial charge in [-0.25, -0.2) is 4.98 Å². The largest absolute Gasteiger partial charge is 0.339 e. The van der Waals surface area contributed by atoms with Crippen molar-refractivity contribution in [3.8, 4) is 11.5 Å². The van der Waals surface area contributed by atoms with Crippen molar-refractivity contribution in [2.24, 2.45) is 5.92 Å². The van der Waals surface area contributed by atoms with Gasteiger partial charge in [-0.2, -0.15) is 4.98 Å². The summed E-state index contributed by atoms with van der Waals surface area (Å²) >= 11 is 7.26. The molecular formula is C17H16ClN5O2S. The first kappa shape index (κ1) is 17.1.